The Morgan fingerprint density at radius 2 is 1.57 bits per heavy atom. The van der Waals surface area contributed by atoms with E-state index >= 15 is 0 Å². The van der Waals surface area contributed by atoms with Crippen molar-refractivity contribution in [3.8, 4) is 11.5 Å². The van der Waals surface area contributed by atoms with E-state index in [1.807, 2.05) is 31.2 Å². The van der Waals surface area contributed by atoms with Gasteiger partial charge < -0.3 is 29.1 Å². The third kappa shape index (κ3) is 10.2. The summed E-state index contributed by atoms with van der Waals surface area (Å²) in [4.78, 5) is 52.1. The molecule has 0 bridgehead atoms. The molecular formula is C36H48N6O5S2. The van der Waals surface area contributed by atoms with Crippen LogP contribution in [0.1, 0.15) is 59.4 Å². The number of methoxy groups -OCH3 is 1. The Kier molecular flexibility index (Phi) is 13.3. The number of piperazine rings is 2. The second kappa shape index (κ2) is 17.8. The molecular weight excluding hydrogens is 661 g/mol. The highest BCUT2D eigenvalue weighted by atomic mass is 32.2. The quantitative estimate of drug-likeness (QED) is 0.222. The number of nitrogens with one attached hydrogen (secondary N) is 1. The van der Waals surface area contributed by atoms with Gasteiger partial charge in [0.25, 0.3) is 11.8 Å². The molecule has 0 atom stereocenters. The normalized spacial score (nSPS) is 15.7. The second-order valence-electron chi connectivity index (χ2n) is 12.4. The molecule has 2 fully saturated rings. The van der Waals surface area contributed by atoms with Crippen molar-refractivity contribution < 1.29 is 23.9 Å². The van der Waals surface area contributed by atoms with Gasteiger partial charge in [0.1, 0.15) is 11.5 Å². The van der Waals surface area contributed by atoms with E-state index in [1.54, 1.807) is 42.2 Å². The first-order valence-corrected chi connectivity index (χ1v) is 18.7. The van der Waals surface area contributed by atoms with Gasteiger partial charge in [0.05, 0.1) is 29.7 Å². The molecule has 264 valence electrons. The van der Waals surface area contributed by atoms with Gasteiger partial charge in [0, 0.05) is 76.3 Å². The van der Waals surface area contributed by atoms with Crippen molar-refractivity contribution in [2.45, 2.75) is 49.1 Å². The van der Waals surface area contributed by atoms with E-state index < -0.39 is 0 Å². The molecule has 2 aromatic carbocycles. The number of rotatable bonds is 14. The zero-order valence-electron chi connectivity index (χ0n) is 29.0. The van der Waals surface area contributed by atoms with Crippen molar-refractivity contribution in [3.63, 3.8) is 0 Å². The van der Waals surface area contributed by atoms with E-state index in [-0.39, 0.29) is 17.7 Å². The summed E-state index contributed by atoms with van der Waals surface area (Å²) in [5.74, 6) is 0.919. The number of hydrogen-bond donors (Lipinski definition) is 1. The maximum absolute atomic E-state index is 13.5. The molecule has 0 spiro atoms. The predicted molar refractivity (Wildman–Crippen MR) is 194 cm³/mol. The van der Waals surface area contributed by atoms with Gasteiger partial charge in [-0.15, -0.1) is 0 Å². The number of hydrogen-bond acceptors (Lipinski definition) is 10. The average Bonchev–Trinajstić information content (AvgIpc) is 3.56. The van der Waals surface area contributed by atoms with Gasteiger partial charge in [-0.05, 0) is 68.3 Å². The fourth-order valence-corrected chi connectivity index (χ4v) is 7.88. The van der Waals surface area contributed by atoms with Crippen LogP contribution in [0.25, 0.3) is 0 Å². The molecule has 1 N–H and O–H groups in total. The lowest BCUT2D eigenvalue weighted by atomic mass is 10.1. The van der Waals surface area contributed by atoms with Crippen LogP contribution in [0, 0.1) is 6.92 Å². The molecule has 2 saturated heterocycles. The SMILES string of the molecule is CCCCN1CCN(CCCOc2ccc(C(=O)Nc3ncc(Sc4cc(C(=O)N5CCN(C(C)=O)CC5)c(OC)cc4C)s3)cc2)CC1. The van der Waals surface area contributed by atoms with Crippen LogP contribution in [-0.2, 0) is 4.79 Å². The minimum Gasteiger partial charge on any atom is -0.496 e. The molecule has 3 aromatic rings. The van der Waals surface area contributed by atoms with Gasteiger partial charge in [0.2, 0.25) is 5.91 Å². The molecule has 0 saturated carbocycles. The molecule has 3 heterocycles. The molecule has 3 amide bonds. The fraction of sp³-hybridized carbons (Fsp3) is 0.500. The fourth-order valence-electron chi connectivity index (χ4n) is 5.94. The Morgan fingerprint density at radius 1 is 0.918 bits per heavy atom. The number of thiazole rings is 1. The Hall–Kier alpha value is -3.65. The summed E-state index contributed by atoms with van der Waals surface area (Å²) in [6, 6.07) is 10.9. The summed E-state index contributed by atoms with van der Waals surface area (Å²) in [6.45, 7) is 15.2. The topological polar surface area (TPSA) is 108 Å². The molecule has 0 radical (unpaired) electrons. The van der Waals surface area contributed by atoms with E-state index in [9.17, 15) is 14.4 Å². The number of aryl methyl sites for hydroxylation is 1. The number of carbonyl (C=O) groups is 3. The van der Waals surface area contributed by atoms with Crippen LogP contribution in [0.4, 0.5) is 5.13 Å². The smallest absolute Gasteiger partial charge is 0.257 e. The van der Waals surface area contributed by atoms with Gasteiger partial charge in [-0.25, -0.2) is 4.98 Å². The highest BCUT2D eigenvalue weighted by Crippen LogP contribution is 2.38. The molecule has 5 rings (SSSR count). The van der Waals surface area contributed by atoms with Crippen LogP contribution in [0.5, 0.6) is 11.5 Å². The third-order valence-electron chi connectivity index (χ3n) is 8.95. The number of carbonyl (C=O) groups excluding carboxylic acids is 3. The van der Waals surface area contributed by atoms with Gasteiger partial charge >= 0.3 is 0 Å². The first-order chi connectivity index (χ1) is 23.7. The molecule has 0 aliphatic carbocycles. The predicted octanol–water partition coefficient (Wildman–Crippen LogP) is 5.35. The van der Waals surface area contributed by atoms with Crippen LogP contribution >= 0.6 is 23.1 Å². The largest absolute Gasteiger partial charge is 0.496 e. The van der Waals surface area contributed by atoms with Crippen LogP contribution in [-0.4, -0.2) is 121 Å². The monoisotopic (exact) mass is 708 g/mol. The summed E-state index contributed by atoms with van der Waals surface area (Å²) in [7, 11) is 1.56. The number of benzene rings is 2. The lowest BCUT2D eigenvalue weighted by Gasteiger charge is -2.34. The van der Waals surface area contributed by atoms with E-state index in [0.717, 1.165) is 59.6 Å². The first-order valence-electron chi connectivity index (χ1n) is 17.1. The summed E-state index contributed by atoms with van der Waals surface area (Å²) in [5.41, 5.74) is 1.96. The minimum atomic E-state index is -0.242. The highest BCUT2D eigenvalue weighted by Gasteiger charge is 2.26. The van der Waals surface area contributed by atoms with Crippen LogP contribution in [0.15, 0.2) is 51.7 Å². The van der Waals surface area contributed by atoms with Crippen LogP contribution in [0.3, 0.4) is 0 Å². The first kappa shape index (κ1) is 36.6. The minimum absolute atomic E-state index is 0.0185. The van der Waals surface area contributed by atoms with Gasteiger partial charge in [-0.3, -0.25) is 19.7 Å². The summed E-state index contributed by atoms with van der Waals surface area (Å²) >= 11 is 2.86. The van der Waals surface area contributed by atoms with E-state index in [4.69, 9.17) is 9.47 Å². The zero-order chi connectivity index (χ0) is 34.8. The Labute approximate surface area is 297 Å². The maximum Gasteiger partial charge on any atom is 0.257 e. The van der Waals surface area contributed by atoms with E-state index in [2.05, 4.69) is 27.0 Å². The molecule has 49 heavy (non-hydrogen) atoms. The van der Waals surface area contributed by atoms with Gasteiger partial charge in [0.15, 0.2) is 5.13 Å². The van der Waals surface area contributed by atoms with Crippen molar-refractivity contribution in [3.05, 3.63) is 59.3 Å². The molecule has 11 nitrogen and oxygen atoms in total. The van der Waals surface area contributed by atoms with Gasteiger partial charge in [-0.2, -0.15) is 0 Å². The van der Waals surface area contributed by atoms with E-state index in [1.165, 1.54) is 42.5 Å². The Balaban J connectivity index is 1.09. The molecule has 2 aliphatic heterocycles. The van der Waals surface area contributed by atoms with Crippen molar-refractivity contribution in [2.75, 3.05) is 84.5 Å². The number of nitrogens with zero attached hydrogens (tertiary/aromatic N) is 5. The summed E-state index contributed by atoms with van der Waals surface area (Å²) in [5, 5.41) is 3.39. The standard InChI is InChI=1S/C36H48N6O5S2/c1-5-6-12-39-14-16-40(17-15-39)13-7-22-47-29-10-8-28(9-11-29)34(44)38-36-37-25-33(49-36)48-32-24-30(31(46-4)23-26(32)2)35(45)42-20-18-41(19-21-42)27(3)43/h8-11,23-25H,5-7,12-22H2,1-4H3,(H,37,38,44). The van der Waals surface area contributed by atoms with Crippen molar-refractivity contribution in [1.29, 1.82) is 0 Å². The van der Waals surface area contributed by atoms with Crippen molar-refractivity contribution in [1.82, 2.24) is 24.6 Å². The molecule has 1 aromatic heterocycles. The Morgan fingerprint density at radius 3 is 2.20 bits per heavy atom. The highest BCUT2D eigenvalue weighted by molar-refractivity contribution is 8.01. The maximum atomic E-state index is 13.5. The van der Waals surface area contributed by atoms with Crippen LogP contribution < -0.4 is 14.8 Å². The Bertz CT molecular complexity index is 1570. The molecule has 0 unspecified atom stereocenters. The zero-order valence-corrected chi connectivity index (χ0v) is 30.7. The average molecular weight is 709 g/mol. The third-order valence-corrected chi connectivity index (χ3v) is 11.1. The number of anilines is 1. The van der Waals surface area contributed by atoms with Crippen LogP contribution in [0.2, 0.25) is 0 Å². The lowest BCUT2D eigenvalue weighted by molar-refractivity contribution is -0.130. The van der Waals surface area contributed by atoms with E-state index in [0.29, 0.717) is 54.8 Å². The summed E-state index contributed by atoms with van der Waals surface area (Å²) < 4.78 is 12.4. The summed E-state index contributed by atoms with van der Waals surface area (Å²) in [6.07, 6.45) is 5.22. The molecule has 2 aliphatic rings. The molecule has 13 heteroatoms. The second-order valence-corrected chi connectivity index (χ2v) is 14.8. The number of unbranched alkanes of at least 4 members (excludes halogenated alkanes) is 1. The number of ether oxygens (including phenoxy) is 2. The number of amides is 3. The number of aromatic nitrogens is 1. The van der Waals surface area contributed by atoms with Gasteiger partial charge in [-0.1, -0.05) is 36.4 Å². The van der Waals surface area contributed by atoms with Crippen molar-refractivity contribution >= 4 is 46.0 Å². The lowest BCUT2D eigenvalue weighted by Crippen LogP contribution is -2.50. The van der Waals surface area contributed by atoms with Crippen molar-refractivity contribution in [2.24, 2.45) is 0 Å².